The van der Waals surface area contributed by atoms with Gasteiger partial charge < -0.3 is 10.1 Å². The van der Waals surface area contributed by atoms with Crippen LogP contribution in [-0.2, 0) is 11.6 Å². The first-order valence-electron chi connectivity index (χ1n) is 10.1. The van der Waals surface area contributed by atoms with Gasteiger partial charge in [0.15, 0.2) is 0 Å². The average Bonchev–Trinajstić information content (AvgIpc) is 2.68. The average molecular weight is 420 g/mol. The Balaban J connectivity index is 1.48. The van der Waals surface area contributed by atoms with Gasteiger partial charge in [-0.25, -0.2) is 4.98 Å². The number of amides is 1. The lowest BCUT2D eigenvalue weighted by molar-refractivity contribution is -0.137. The predicted octanol–water partition coefficient (Wildman–Crippen LogP) is 5.52. The molecule has 1 amide bonds. The molecule has 0 atom stereocenters. The Kier molecular flexibility index (Phi) is 6.38. The van der Waals surface area contributed by atoms with Crippen LogP contribution < -0.4 is 10.1 Å². The number of aromatic nitrogens is 1. The van der Waals surface area contributed by atoms with Crippen LogP contribution in [0.2, 0.25) is 0 Å². The normalized spacial score (nSPS) is 19.9. The van der Waals surface area contributed by atoms with Gasteiger partial charge in [0.1, 0.15) is 6.10 Å². The lowest BCUT2D eigenvalue weighted by atomic mass is 9.86. The number of halogens is 3. The van der Waals surface area contributed by atoms with Crippen molar-refractivity contribution in [1.29, 1.82) is 0 Å². The number of ether oxygens (including phenoxy) is 1. The topological polar surface area (TPSA) is 51.2 Å². The first kappa shape index (κ1) is 22.1. The van der Waals surface area contributed by atoms with Crippen molar-refractivity contribution in [3.63, 3.8) is 0 Å². The van der Waals surface area contributed by atoms with Crippen molar-refractivity contribution in [1.82, 2.24) is 10.3 Å². The second-order valence-electron chi connectivity index (χ2n) is 8.78. The van der Waals surface area contributed by atoms with Crippen molar-refractivity contribution in [2.24, 2.45) is 0 Å². The van der Waals surface area contributed by atoms with Crippen LogP contribution >= 0.6 is 0 Å². The number of alkyl halides is 3. The van der Waals surface area contributed by atoms with Gasteiger partial charge in [-0.15, -0.1) is 0 Å². The zero-order valence-electron chi connectivity index (χ0n) is 17.4. The molecule has 0 bridgehead atoms. The van der Waals surface area contributed by atoms with Crippen molar-refractivity contribution >= 4 is 5.91 Å². The van der Waals surface area contributed by atoms with Gasteiger partial charge in [-0.1, -0.05) is 32.9 Å². The van der Waals surface area contributed by atoms with Gasteiger partial charge in [0.05, 0.1) is 5.56 Å². The Bertz CT molecular complexity index is 848. The third-order valence-corrected chi connectivity index (χ3v) is 5.37. The van der Waals surface area contributed by atoms with E-state index in [2.05, 4.69) is 31.1 Å². The van der Waals surface area contributed by atoms with Gasteiger partial charge in [0.2, 0.25) is 5.88 Å². The van der Waals surface area contributed by atoms with Crippen LogP contribution in [0.4, 0.5) is 13.2 Å². The number of nitrogens with zero attached hydrogens (tertiary/aromatic N) is 1. The van der Waals surface area contributed by atoms with Crippen molar-refractivity contribution < 1.29 is 22.7 Å². The van der Waals surface area contributed by atoms with Crippen LogP contribution in [0.1, 0.15) is 67.9 Å². The molecule has 4 nitrogen and oxygen atoms in total. The van der Waals surface area contributed by atoms with Crippen LogP contribution in [0.25, 0.3) is 0 Å². The van der Waals surface area contributed by atoms with Crippen molar-refractivity contribution in [3.05, 3.63) is 59.3 Å². The summed E-state index contributed by atoms with van der Waals surface area (Å²) in [5.74, 6) is 0.0960. The summed E-state index contributed by atoms with van der Waals surface area (Å²) < 4.78 is 43.5. The summed E-state index contributed by atoms with van der Waals surface area (Å²) in [4.78, 5) is 16.3. The molecule has 3 rings (SSSR count). The molecule has 0 aliphatic heterocycles. The molecule has 0 saturated heterocycles. The van der Waals surface area contributed by atoms with Gasteiger partial charge in [0.25, 0.3) is 5.91 Å². The number of rotatable bonds is 4. The molecule has 1 aliphatic carbocycles. The van der Waals surface area contributed by atoms with Crippen LogP contribution in [0, 0.1) is 0 Å². The monoisotopic (exact) mass is 420 g/mol. The van der Waals surface area contributed by atoms with Gasteiger partial charge >= 0.3 is 6.18 Å². The number of pyridine rings is 1. The second-order valence-corrected chi connectivity index (χ2v) is 8.78. The van der Waals surface area contributed by atoms with Crippen LogP contribution in [0.3, 0.4) is 0 Å². The quantitative estimate of drug-likeness (QED) is 0.709. The summed E-state index contributed by atoms with van der Waals surface area (Å²) in [7, 11) is 0. The van der Waals surface area contributed by atoms with E-state index in [9.17, 15) is 18.0 Å². The summed E-state index contributed by atoms with van der Waals surface area (Å²) in [6.07, 6.45) is -0.837. The van der Waals surface area contributed by atoms with Gasteiger partial charge in [-0.3, -0.25) is 4.79 Å². The maximum atomic E-state index is 12.6. The minimum absolute atomic E-state index is 0.0370. The molecule has 1 fully saturated rings. The molecule has 0 radical (unpaired) electrons. The molecule has 2 aromatic rings. The lowest BCUT2D eigenvalue weighted by Crippen LogP contribution is -2.39. The molecule has 1 aromatic carbocycles. The minimum atomic E-state index is -4.41. The van der Waals surface area contributed by atoms with E-state index in [1.165, 1.54) is 11.6 Å². The second kappa shape index (κ2) is 8.66. The van der Waals surface area contributed by atoms with Crippen LogP contribution in [-0.4, -0.2) is 23.0 Å². The zero-order chi connectivity index (χ0) is 21.9. The largest absolute Gasteiger partial charge is 0.474 e. The summed E-state index contributed by atoms with van der Waals surface area (Å²) in [5, 5.41) is 3.07. The lowest BCUT2D eigenvalue weighted by Gasteiger charge is -2.29. The maximum absolute atomic E-state index is 12.6. The number of carbonyl (C=O) groups is 1. The standard InChI is InChI=1S/C23H27F3N2O2/c1-22(2,3)16-6-4-15(5-7-16)21(29)28-18-9-11-19(12-10-18)30-20-13-8-17(14-27-20)23(24,25)26/h4-8,13-14,18-19H,9-12H2,1-3H3,(H,28,29). The molecule has 7 heteroatoms. The molecule has 0 unspecified atom stereocenters. The molecule has 1 heterocycles. The van der Waals surface area contributed by atoms with E-state index < -0.39 is 11.7 Å². The van der Waals surface area contributed by atoms with E-state index in [1.807, 2.05) is 24.3 Å². The molecule has 1 aromatic heterocycles. The van der Waals surface area contributed by atoms with Gasteiger partial charge in [0, 0.05) is 23.9 Å². The fourth-order valence-corrected chi connectivity index (χ4v) is 3.50. The highest BCUT2D eigenvalue weighted by Crippen LogP contribution is 2.30. The Morgan fingerprint density at radius 1 is 0.967 bits per heavy atom. The van der Waals surface area contributed by atoms with E-state index in [0.717, 1.165) is 25.1 Å². The third-order valence-electron chi connectivity index (χ3n) is 5.37. The van der Waals surface area contributed by atoms with Crippen molar-refractivity contribution in [3.8, 4) is 5.88 Å². The summed E-state index contributed by atoms with van der Waals surface area (Å²) in [6, 6.07) is 9.94. The zero-order valence-corrected chi connectivity index (χ0v) is 17.4. The highest BCUT2D eigenvalue weighted by molar-refractivity contribution is 5.94. The highest BCUT2D eigenvalue weighted by Gasteiger charge is 2.31. The molecule has 1 aliphatic rings. The first-order chi connectivity index (χ1) is 14.0. The van der Waals surface area contributed by atoms with Crippen LogP contribution in [0.15, 0.2) is 42.6 Å². The molecule has 1 N–H and O–H groups in total. The summed E-state index contributed by atoms with van der Waals surface area (Å²) in [5.41, 5.74) is 1.05. The number of hydrogen-bond donors (Lipinski definition) is 1. The third kappa shape index (κ3) is 5.74. The van der Waals surface area contributed by atoms with E-state index >= 15 is 0 Å². The molecular formula is C23H27F3N2O2. The van der Waals surface area contributed by atoms with Gasteiger partial charge in [-0.05, 0) is 54.9 Å². The van der Waals surface area contributed by atoms with E-state index in [-0.39, 0.29) is 29.3 Å². The number of hydrogen-bond acceptors (Lipinski definition) is 3. The fourth-order valence-electron chi connectivity index (χ4n) is 3.50. The number of nitrogens with one attached hydrogen (secondary N) is 1. The maximum Gasteiger partial charge on any atom is 0.417 e. The Morgan fingerprint density at radius 3 is 2.07 bits per heavy atom. The fraction of sp³-hybridized carbons (Fsp3) is 0.478. The summed E-state index contributed by atoms with van der Waals surface area (Å²) >= 11 is 0. The Hall–Kier alpha value is -2.57. The molecule has 162 valence electrons. The van der Waals surface area contributed by atoms with E-state index in [1.54, 1.807) is 0 Å². The number of carbonyl (C=O) groups excluding carboxylic acids is 1. The van der Waals surface area contributed by atoms with E-state index in [0.29, 0.717) is 18.4 Å². The van der Waals surface area contributed by atoms with Crippen LogP contribution in [0.5, 0.6) is 5.88 Å². The minimum Gasteiger partial charge on any atom is -0.474 e. The molecule has 0 spiro atoms. The SMILES string of the molecule is CC(C)(C)c1ccc(C(=O)NC2CCC(Oc3ccc(C(F)(F)F)cn3)CC2)cc1. The molecule has 1 saturated carbocycles. The van der Waals surface area contributed by atoms with Crippen molar-refractivity contribution in [2.45, 2.75) is 70.2 Å². The number of benzene rings is 1. The highest BCUT2D eigenvalue weighted by atomic mass is 19.4. The Labute approximate surface area is 174 Å². The molecule has 30 heavy (non-hydrogen) atoms. The van der Waals surface area contributed by atoms with E-state index in [4.69, 9.17) is 4.74 Å². The van der Waals surface area contributed by atoms with Gasteiger partial charge in [-0.2, -0.15) is 13.2 Å². The molecular weight excluding hydrogens is 393 g/mol. The summed E-state index contributed by atoms with van der Waals surface area (Å²) in [6.45, 7) is 6.38. The van der Waals surface area contributed by atoms with Crippen molar-refractivity contribution in [2.75, 3.05) is 0 Å². The Morgan fingerprint density at radius 2 is 1.57 bits per heavy atom. The smallest absolute Gasteiger partial charge is 0.417 e. The predicted molar refractivity (Wildman–Crippen MR) is 109 cm³/mol. The first-order valence-corrected chi connectivity index (χ1v) is 10.1.